The van der Waals surface area contributed by atoms with Gasteiger partial charge in [-0.25, -0.2) is 0 Å². The van der Waals surface area contributed by atoms with E-state index < -0.39 is 10.9 Å². The fraction of sp³-hybridized carbons (Fsp3) is 0.250. The maximum absolute atomic E-state index is 10.8. The Hall–Kier alpha value is -2.57. The number of nitro groups is 1. The predicted octanol–water partition coefficient (Wildman–Crippen LogP) is 1.60. The summed E-state index contributed by atoms with van der Waals surface area (Å²) in [4.78, 5) is 20.9. The van der Waals surface area contributed by atoms with E-state index in [1.807, 2.05) is 0 Å². The third kappa shape index (κ3) is 3.21. The average molecular weight is 265 g/mol. The van der Waals surface area contributed by atoms with Crippen LogP contribution in [0.2, 0.25) is 0 Å². The van der Waals surface area contributed by atoms with Gasteiger partial charge in [-0.2, -0.15) is 0 Å². The lowest BCUT2D eigenvalue weighted by Crippen LogP contribution is -2.09. The molecule has 0 fully saturated rings. The zero-order valence-electron chi connectivity index (χ0n) is 10.1. The van der Waals surface area contributed by atoms with Gasteiger partial charge in [-0.15, -0.1) is 0 Å². The Morgan fingerprint density at radius 1 is 1.47 bits per heavy atom. The zero-order chi connectivity index (χ0) is 13.8. The van der Waals surface area contributed by atoms with Crippen molar-refractivity contribution in [3.63, 3.8) is 0 Å². The number of hydrogen-bond acceptors (Lipinski definition) is 6. The molecule has 1 aliphatic heterocycles. The third-order valence-corrected chi connectivity index (χ3v) is 2.39. The molecule has 0 amide bonds. The second-order valence-electron chi connectivity index (χ2n) is 3.79. The molecule has 19 heavy (non-hydrogen) atoms. The van der Waals surface area contributed by atoms with Crippen LogP contribution in [0.15, 0.2) is 23.9 Å². The highest BCUT2D eigenvalue weighted by Crippen LogP contribution is 2.33. The van der Waals surface area contributed by atoms with Gasteiger partial charge in [0.15, 0.2) is 18.1 Å². The number of rotatable bonds is 4. The number of esters is 1. The van der Waals surface area contributed by atoms with Gasteiger partial charge in [0.25, 0.3) is 5.70 Å². The van der Waals surface area contributed by atoms with Crippen molar-refractivity contribution >= 4 is 12.0 Å². The second-order valence-corrected chi connectivity index (χ2v) is 3.79. The molecule has 7 nitrogen and oxygen atoms in total. The van der Waals surface area contributed by atoms with Gasteiger partial charge >= 0.3 is 5.97 Å². The molecule has 0 aliphatic carbocycles. The Kier molecular flexibility index (Phi) is 3.65. The summed E-state index contributed by atoms with van der Waals surface area (Å²) in [7, 11) is 0. The summed E-state index contributed by atoms with van der Waals surface area (Å²) in [6.07, 6.45) is 1.32. The topological polar surface area (TPSA) is 87.9 Å². The molecule has 0 N–H and O–H groups in total. The van der Waals surface area contributed by atoms with E-state index in [2.05, 4.69) is 4.74 Å². The smallest absolute Gasteiger partial charge is 0.303 e. The Morgan fingerprint density at radius 3 is 2.89 bits per heavy atom. The van der Waals surface area contributed by atoms with E-state index >= 15 is 0 Å². The number of hydrogen-bond donors (Lipinski definition) is 0. The monoisotopic (exact) mass is 265 g/mol. The number of nitrogens with zero attached hydrogens (tertiary/aromatic N) is 1. The van der Waals surface area contributed by atoms with Gasteiger partial charge < -0.3 is 14.2 Å². The van der Waals surface area contributed by atoms with Crippen LogP contribution in [-0.4, -0.2) is 24.3 Å². The molecule has 2 rings (SSSR count). The SMILES string of the molecule is CC(=O)OC/C(=C\c1ccc2c(c1)OCO2)[N+](=O)[O-]. The second kappa shape index (κ2) is 5.38. The summed E-state index contributed by atoms with van der Waals surface area (Å²) < 4.78 is 14.9. The van der Waals surface area contributed by atoms with Crippen LogP contribution in [0.5, 0.6) is 11.5 Å². The summed E-state index contributed by atoms with van der Waals surface area (Å²) in [5.41, 5.74) is 0.358. The van der Waals surface area contributed by atoms with Crippen LogP contribution in [0, 0.1) is 10.1 Å². The Bertz CT molecular complexity index is 551. The molecule has 0 saturated carbocycles. The van der Waals surface area contributed by atoms with Crippen LogP contribution in [-0.2, 0) is 9.53 Å². The maximum atomic E-state index is 10.8. The minimum atomic E-state index is -0.590. The first-order valence-corrected chi connectivity index (χ1v) is 5.44. The van der Waals surface area contributed by atoms with Crippen molar-refractivity contribution in [3.05, 3.63) is 39.6 Å². The lowest BCUT2D eigenvalue weighted by molar-refractivity contribution is -0.428. The van der Waals surface area contributed by atoms with E-state index in [4.69, 9.17) is 9.47 Å². The van der Waals surface area contributed by atoms with Crippen molar-refractivity contribution in [2.75, 3.05) is 13.4 Å². The van der Waals surface area contributed by atoms with Crippen molar-refractivity contribution in [2.45, 2.75) is 6.92 Å². The number of carbonyl (C=O) groups excluding carboxylic acids is 1. The van der Waals surface area contributed by atoms with Gasteiger partial charge in [0, 0.05) is 13.0 Å². The van der Waals surface area contributed by atoms with Crippen molar-refractivity contribution in [1.82, 2.24) is 0 Å². The molecule has 1 heterocycles. The fourth-order valence-electron chi connectivity index (χ4n) is 1.52. The van der Waals surface area contributed by atoms with Gasteiger partial charge in [-0.3, -0.25) is 14.9 Å². The minimum Gasteiger partial charge on any atom is -0.454 e. The molecule has 1 aromatic rings. The first-order chi connectivity index (χ1) is 9.06. The summed E-state index contributed by atoms with van der Waals surface area (Å²) >= 11 is 0. The molecule has 7 heteroatoms. The Morgan fingerprint density at radius 2 is 2.21 bits per heavy atom. The molecule has 0 atom stereocenters. The lowest BCUT2D eigenvalue weighted by atomic mass is 10.1. The van der Waals surface area contributed by atoms with E-state index in [1.54, 1.807) is 18.2 Å². The first kappa shape index (κ1) is 12.9. The molecular weight excluding hydrogens is 254 g/mol. The van der Waals surface area contributed by atoms with Crippen molar-refractivity contribution in [3.8, 4) is 11.5 Å². The molecule has 0 bridgehead atoms. The van der Waals surface area contributed by atoms with E-state index in [0.717, 1.165) is 0 Å². The number of fused-ring (bicyclic) bond motifs is 1. The molecule has 0 spiro atoms. The normalized spacial score (nSPS) is 13.2. The molecule has 0 radical (unpaired) electrons. The van der Waals surface area contributed by atoms with Gasteiger partial charge in [0.2, 0.25) is 6.79 Å². The molecule has 1 aromatic carbocycles. The van der Waals surface area contributed by atoms with Crippen molar-refractivity contribution in [2.24, 2.45) is 0 Å². The number of benzene rings is 1. The van der Waals surface area contributed by atoms with Gasteiger partial charge in [-0.1, -0.05) is 6.07 Å². The zero-order valence-corrected chi connectivity index (χ0v) is 10.1. The number of carbonyl (C=O) groups is 1. The predicted molar refractivity (Wildman–Crippen MR) is 64.2 cm³/mol. The minimum absolute atomic E-state index is 0.137. The molecule has 1 aliphatic rings. The highest BCUT2D eigenvalue weighted by molar-refractivity contribution is 5.66. The summed E-state index contributed by atoms with van der Waals surface area (Å²) in [6, 6.07) is 4.95. The van der Waals surface area contributed by atoms with E-state index in [-0.39, 0.29) is 19.1 Å². The molecule has 100 valence electrons. The average Bonchev–Trinajstić information content (AvgIpc) is 2.81. The van der Waals surface area contributed by atoms with Crippen LogP contribution >= 0.6 is 0 Å². The summed E-state index contributed by atoms with van der Waals surface area (Å²) in [5, 5.41) is 10.8. The maximum Gasteiger partial charge on any atom is 0.303 e. The Labute approximate surface area is 108 Å². The van der Waals surface area contributed by atoms with Crippen LogP contribution in [0.4, 0.5) is 0 Å². The van der Waals surface area contributed by atoms with E-state index in [0.29, 0.717) is 17.1 Å². The fourth-order valence-corrected chi connectivity index (χ4v) is 1.52. The largest absolute Gasteiger partial charge is 0.454 e. The van der Waals surface area contributed by atoms with Crippen LogP contribution < -0.4 is 9.47 Å². The Balaban J connectivity index is 2.20. The molecule has 0 saturated heterocycles. The highest BCUT2D eigenvalue weighted by Gasteiger charge is 2.16. The van der Waals surface area contributed by atoms with Crippen LogP contribution in [0.3, 0.4) is 0 Å². The molecule has 0 aromatic heterocycles. The van der Waals surface area contributed by atoms with Crippen LogP contribution in [0.25, 0.3) is 6.08 Å². The summed E-state index contributed by atoms with van der Waals surface area (Å²) in [6.45, 7) is 0.951. The number of ether oxygens (including phenoxy) is 3. The van der Waals surface area contributed by atoms with Crippen molar-refractivity contribution in [1.29, 1.82) is 0 Å². The first-order valence-electron chi connectivity index (χ1n) is 5.44. The van der Waals surface area contributed by atoms with Gasteiger partial charge in [-0.05, 0) is 17.7 Å². The van der Waals surface area contributed by atoms with Crippen molar-refractivity contribution < 1.29 is 23.9 Å². The van der Waals surface area contributed by atoms with Gasteiger partial charge in [0.05, 0.1) is 4.92 Å². The molecule has 0 unspecified atom stereocenters. The lowest BCUT2D eigenvalue weighted by Gasteiger charge is -2.01. The van der Waals surface area contributed by atoms with Gasteiger partial charge in [0.1, 0.15) is 0 Å². The van der Waals surface area contributed by atoms with E-state index in [9.17, 15) is 14.9 Å². The van der Waals surface area contributed by atoms with Crippen LogP contribution in [0.1, 0.15) is 12.5 Å². The standard InChI is InChI=1S/C12H11NO6/c1-8(14)17-6-10(13(15)16)4-9-2-3-11-12(5-9)19-7-18-11/h2-5H,6-7H2,1H3/b10-4+. The third-order valence-electron chi connectivity index (χ3n) is 2.39. The van der Waals surface area contributed by atoms with E-state index in [1.165, 1.54) is 13.0 Å². The highest BCUT2D eigenvalue weighted by atomic mass is 16.7. The molecular formula is C12H11NO6. The quantitative estimate of drug-likeness (QED) is 0.466. The summed E-state index contributed by atoms with van der Waals surface area (Å²) in [5.74, 6) is 0.558.